The first kappa shape index (κ1) is 8.51. The fourth-order valence-electron chi connectivity index (χ4n) is 1.55. The van der Waals surface area contributed by atoms with E-state index in [1.54, 1.807) is 0 Å². The summed E-state index contributed by atoms with van der Waals surface area (Å²) in [6, 6.07) is 2.31. The highest BCUT2D eigenvalue weighted by molar-refractivity contribution is 4.94. The molecule has 0 aliphatic carbocycles. The Balaban J connectivity index is 2.42. The Labute approximate surface area is 67.2 Å². The number of likely N-dealkylation sites (tertiary alicyclic amines) is 1. The normalized spacial score (nSPS) is 33.2. The van der Waals surface area contributed by atoms with Gasteiger partial charge in [0.2, 0.25) is 0 Å². The van der Waals surface area contributed by atoms with Crippen molar-refractivity contribution in [2.75, 3.05) is 20.2 Å². The molecule has 1 heterocycles. The van der Waals surface area contributed by atoms with Crippen LogP contribution in [-0.4, -0.2) is 36.2 Å². The predicted molar refractivity (Wildman–Crippen MR) is 41.8 cm³/mol. The van der Waals surface area contributed by atoms with Crippen LogP contribution in [0, 0.1) is 17.2 Å². The van der Waals surface area contributed by atoms with Crippen molar-refractivity contribution in [3.63, 3.8) is 0 Å². The molecule has 1 rings (SSSR count). The van der Waals surface area contributed by atoms with Gasteiger partial charge in [0.25, 0.3) is 0 Å². The lowest BCUT2D eigenvalue weighted by Crippen LogP contribution is -2.40. The lowest BCUT2D eigenvalue weighted by molar-refractivity contribution is 0.117. The van der Waals surface area contributed by atoms with Gasteiger partial charge in [-0.25, -0.2) is 0 Å². The molecule has 0 unspecified atom stereocenters. The summed E-state index contributed by atoms with van der Waals surface area (Å²) in [6.45, 7) is 1.11. The molecule has 2 atom stereocenters. The van der Waals surface area contributed by atoms with Crippen LogP contribution < -0.4 is 0 Å². The van der Waals surface area contributed by atoms with Gasteiger partial charge in [-0.05, 0) is 25.8 Å². The molecule has 0 amide bonds. The van der Waals surface area contributed by atoms with Crippen LogP contribution in [0.2, 0.25) is 0 Å². The molecule has 1 aliphatic rings. The van der Waals surface area contributed by atoms with E-state index in [1.165, 1.54) is 0 Å². The average Bonchev–Trinajstić information content (AvgIpc) is 2.04. The van der Waals surface area contributed by atoms with Crippen LogP contribution in [-0.2, 0) is 0 Å². The minimum Gasteiger partial charge on any atom is -0.396 e. The largest absolute Gasteiger partial charge is 0.396 e. The number of hydrogen-bond acceptors (Lipinski definition) is 3. The fourth-order valence-corrected chi connectivity index (χ4v) is 1.55. The molecule has 11 heavy (non-hydrogen) atoms. The van der Waals surface area contributed by atoms with Gasteiger partial charge in [0.1, 0.15) is 0 Å². The quantitative estimate of drug-likeness (QED) is 0.587. The number of aliphatic hydroxyl groups is 1. The van der Waals surface area contributed by atoms with E-state index in [2.05, 4.69) is 6.07 Å². The van der Waals surface area contributed by atoms with E-state index in [-0.39, 0.29) is 12.6 Å². The van der Waals surface area contributed by atoms with Gasteiger partial charge >= 0.3 is 0 Å². The lowest BCUT2D eigenvalue weighted by Gasteiger charge is -2.32. The summed E-state index contributed by atoms with van der Waals surface area (Å²) in [5.41, 5.74) is 0. The van der Waals surface area contributed by atoms with E-state index in [9.17, 15) is 0 Å². The van der Waals surface area contributed by atoms with Crippen molar-refractivity contribution in [3.8, 4) is 6.07 Å². The zero-order valence-electron chi connectivity index (χ0n) is 6.82. The molecule has 1 saturated heterocycles. The summed E-state index contributed by atoms with van der Waals surface area (Å²) in [5.74, 6) is 0.379. The molecule has 0 spiro atoms. The molecule has 1 N–H and O–H groups in total. The second-order valence-electron chi connectivity index (χ2n) is 3.21. The topological polar surface area (TPSA) is 47.3 Å². The first-order chi connectivity index (χ1) is 5.27. The summed E-state index contributed by atoms with van der Waals surface area (Å²) in [4.78, 5) is 2.02. The maximum atomic E-state index is 8.86. The summed E-state index contributed by atoms with van der Waals surface area (Å²) < 4.78 is 0. The Hall–Kier alpha value is -0.590. The first-order valence-electron chi connectivity index (χ1n) is 3.98. The van der Waals surface area contributed by atoms with Crippen LogP contribution in [0.3, 0.4) is 0 Å². The van der Waals surface area contributed by atoms with Crippen LogP contribution in [0.4, 0.5) is 0 Å². The molecule has 0 aromatic rings. The SMILES string of the molecule is CN1C[C@H](CO)CC[C@H]1C#N. The molecule has 3 nitrogen and oxygen atoms in total. The van der Waals surface area contributed by atoms with Gasteiger partial charge in [-0.15, -0.1) is 0 Å². The monoisotopic (exact) mass is 154 g/mol. The molecule has 0 saturated carbocycles. The maximum absolute atomic E-state index is 8.86. The van der Waals surface area contributed by atoms with Gasteiger partial charge in [-0.1, -0.05) is 0 Å². The van der Waals surface area contributed by atoms with E-state index in [0.29, 0.717) is 5.92 Å². The summed E-state index contributed by atoms with van der Waals surface area (Å²) >= 11 is 0. The number of rotatable bonds is 1. The fraction of sp³-hybridized carbons (Fsp3) is 0.875. The molecule has 1 aliphatic heterocycles. The van der Waals surface area contributed by atoms with E-state index in [4.69, 9.17) is 10.4 Å². The van der Waals surface area contributed by atoms with Crippen LogP contribution in [0.1, 0.15) is 12.8 Å². The Bertz CT molecular complexity index is 164. The third-order valence-electron chi connectivity index (χ3n) is 2.33. The highest BCUT2D eigenvalue weighted by Gasteiger charge is 2.24. The zero-order chi connectivity index (χ0) is 8.27. The van der Waals surface area contributed by atoms with Gasteiger partial charge < -0.3 is 5.11 Å². The second-order valence-corrected chi connectivity index (χ2v) is 3.21. The molecule has 0 aromatic heterocycles. The van der Waals surface area contributed by atoms with Crippen molar-refractivity contribution in [3.05, 3.63) is 0 Å². The van der Waals surface area contributed by atoms with E-state index < -0.39 is 0 Å². The van der Waals surface area contributed by atoms with Crippen molar-refractivity contribution < 1.29 is 5.11 Å². The summed E-state index contributed by atoms with van der Waals surface area (Å²) in [7, 11) is 1.94. The van der Waals surface area contributed by atoms with Gasteiger partial charge in [0, 0.05) is 13.2 Å². The van der Waals surface area contributed by atoms with Crippen molar-refractivity contribution in [2.24, 2.45) is 5.92 Å². The number of nitriles is 1. The predicted octanol–water partition coefficient (Wildman–Crippen LogP) is 0.213. The van der Waals surface area contributed by atoms with E-state index in [1.807, 2.05) is 11.9 Å². The average molecular weight is 154 g/mol. The smallest absolute Gasteiger partial charge is 0.0975 e. The molecular weight excluding hydrogens is 140 g/mol. The Morgan fingerprint density at radius 2 is 2.36 bits per heavy atom. The van der Waals surface area contributed by atoms with Gasteiger partial charge in [0.05, 0.1) is 12.1 Å². The number of nitrogens with zero attached hydrogens (tertiary/aromatic N) is 2. The molecule has 0 radical (unpaired) electrons. The second kappa shape index (κ2) is 3.70. The van der Waals surface area contributed by atoms with E-state index in [0.717, 1.165) is 19.4 Å². The minimum atomic E-state index is 0.0674. The number of aliphatic hydroxyl groups excluding tert-OH is 1. The van der Waals surface area contributed by atoms with Crippen LogP contribution >= 0.6 is 0 Å². The Morgan fingerprint density at radius 3 is 2.82 bits per heavy atom. The number of hydrogen-bond donors (Lipinski definition) is 1. The first-order valence-corrected chi connectivity index (χ1v) is 3.98. The highest BCUT2D eigenvalue weighted by atomic mass is 16.3. The highest BCUT2D eigenvalue weighted by Crippen LogP contribution is 2.19. The van der Waals surface area contributed by atoms with Crippen molar-refractivity contribution >= 4 is 0 Å². The lowest BCUT2D eigenvalue weighted by atomic mass is 9.95. The Morgan fingerprint density at radius 1 is 1.64 bits per heavy atom. The van der Waals surface area contributed by atoms with Gasteiger partial charge in [-0.2, -0.15) is 5.26 Å². The van der Waals surface area contributed by atoms with Crippen molar-refractivity contribution in [1.29, 1.82) is 5.26 Å². The van der Waals surface area contributed by atoms with Crippen molar-refractivity contribution in [1.82, 2.24) is 4.90 Å². The van der Waals surface area contributed by atoms with E-state index >= 15 is 0 Å². The van der Waals surface area contributed by atoms with Crippen LogP contribution in [0.15, 0.2) is 0 Å². The molecule has 0 bridgehead atoms. The number of piperidine rings is 1. The van der Waals surface area contributed by atoms with Crippen LogP contribution in [0.25, 0.3) is 0 Å². The summed E-state index contributed by atoms with van der Waals surface area (Å²) in [5, 5.41) is 17.5. The zero-order valence-corrected chi connectivity index (χ0v) is 6.82. The van der Waals surface area contributed by atoms with Crippen LogP contribution in [0.5, 0.6) is 0 Å². The minimum absolute atomic E-state index is 0.0674. The van der Waals surface area contributed by atoms with Gasteiger partial charge in [-0.3, -0.25) is 4.90 Å². The maximum Gasteiger partial charge on any atom is 0.0975 e. The third kappa shape index (κ3) is 1.92. The van der Waals surface area contributed by atoms with Crippen molar-refractivity contribution in [2.45, 2.75) is 18.9 Å². The molecular formula is C8H14N2O. The third-order valence-corrected chi connectivity index (χ3v) is 2.33. The molecule has 62 valence electrons. The Kier molecular flexibility index (Phi) is 2.86. The molecule has 1 fully saturated rings. The summed E-state index contributed by atoms with van der Waals surface area (Å²) in [6.07, 6.45) is 1.89. The van der Waals surface area contributed by atoms with Gasteiger partial charge in [0.15, 0.2) is 0 Å². The standard InChI is InChI=1S/C8H14N2O/c1-10-5-7(6-11)2-3-8(10)4-9/h7-8,11H,2-3,5-6H2,1H3/t7-,8+/m1/s1. The molecule has 3 heteroatoms. The molecule has 0 aromatic carbocycles.